The lowest BCUT2D eigenvalue weighted by Crippen LogP contribution is -2.34. The van der Waals surface area contributed by atoms with E-state index in [4.69, 9.17) is 0 Å². The van der Waals surface area contributed by atoms with Gasteiger partial charge in [-0.15, -0.1) is 0 Å². The van der Waals surface area contributed by atoms with Crippen LogP contribution in [0.3, 0.4) is 0 Å². The van der Waals surface area contributed by atoms with Crippen LogP contribution < -0.4 is 10.3 Å². The Labute approximate surface area is 169 Å². The summed E-state index contributed by atoms with van der Waals surface area (Å²) >= 11 is 0. The molecule has 1 aliphatic heterocycles. The summed E-state index contributed by atoms with van der Waals surface area (Å²) < 4.78 is 0. The highest BCUT2D eigenvalue weighted by molar-refractivity contribution is 6.40. The lowest BCUT2D eigenvalue weighted by molar-refractivity contribution is -0.118. The average Bonchev–Trinajstić information content (AvgIpc) is 3.37. The Morgan fingerprint density at radius 2 is 1.90 bits per heavy atom. The molecule has 1 aromatic heterocycles. The molecule has 0 saturated heterocycles. The van der Waals surface area contributed by atoms with E-state index in [0.29, 0.717) is 18.7 Å². The summed E-state index contributed by atoms with van der Waals surface area (Å²) in [5, 5.41) is 10.3. The number of carbonyl (C=O) groups is 2. The quantitative estimate of drug-likeness (QED) is 0.609. The van der Waals surface area contributed by atoms with Gasteiger partial charge in [0.2, 0.25) is 0 Å². The Kier molecular flexibility index (Phi) is 5.42. The smallest absolute Gasteiger partial charge is 0.267 e. The van der Waals surface area contributed by atoms with Gasteiger partial charge in [0, 0.05) is 30.1 Å². The predicted octanol–water partition coefficient (Wildman–Crippen LogP) is 3.44. The Morgan fingerprint density at radius 3 is 2.69 bits per heavy atom. The molecule has 0 bridgehead atoms. The Bertz CT molecular complexity index is 1050. The number of para-hydroxylation sites is 2. The van der Waals surface area contributed by atoms with Crippen molar-refractivity contribution in [2.45, 2.75) is 32.2 Å². The average molecular weight is 388 g/mol. The molecule has 2 N–H and O–H groups in total. The van der Waals surface area contributed by atoms with E-state index >= 15 is 0 Å². The fourth-order valence-electron chi connectivity index (χ4n) is 3.70. The van der Waals surface area contributed by atoms with Crippen LogP contribution in [-0.4, -0.2) is 35.0 Å². The Balaban J connectivity index is 1.35. The maximum absolute atomic E-state index is 12.6. The van der Waals surface area contributed by atoms with Crippen LogP contribution in [0.5, 0.6) is 0 Å². The SMILES string of the molecule is CC(=O)C1CC(C(=O)NCCCc2c[nH]c3ccccc23)=NN1c1ccccc1. The molecule has 148 valence electrons. The number of amides is 1. The molecule has 0 radical (unpaired) electrons. The molecule has 0 aliphatic carbocycles. The second-order valence-electron chi connectivity index (χ2n) is 7.28. The maximum atomic E-state index is 12.6. The zero-order chi connectivity index (χ0) is 20.2. The third-order valence-electron chi connectivity index (χ3n) is 5.25. The first kappa shape index (κ1) is 18.9. The molecule has 0 spiro atoms. The van der Waals surface area contributed by atoms with Crippen LogP contribution in [0.25, 0.3) is 10.9 Å². The van der Waals surface area contributed by atoms with E-state index in [9.17, 15) is 9.59 Å². The Hall–Kier alpha value is -3.41. The van der Waals surface area contributed by atoms with Gasteiger partial charge in [0.05, 0.1) is 5.69 Å². The van der Waals surface area contributed by atoms with Gasteiger partial charge in [0.15, 0.2) is 5.78 Å². The van der Waals surface area contributed by atoms with Crippen molar-refractivity contribution in [1.82, 2.24) is 10.3 Å². The minimum atomic E-state index is -0.427. The van der Waals surface area contributed by atoms with Crippen LogP contribution in [0, 0.1) is 0 Å². The second-order valence-corrected chi connectivity index (χ2v) is 7.28. The van der Waals surface area contributed by atoms with Gasteiger partial charge in [0.1, 0.15) is 11.8 Å². The van der Waals surface area contributed by atoms with Gasteiger partial charge in [-0.05, 0) is 43.5 Å². The molecule has 1 unspecified atom stereocenters. The summed E-state index contributed by atoms with van der Waals surface area (Å²) in [6.45, 7) is 2.10. The van der Waals surface area contributed by atoms with E-state index in [2.05, 4.69) is 27.5 Å². The number of hydrazone groups is 1. The first-order chi connectivity index (χ1) is 14.1. The maximum Gasteiger partial charge on any atom is 0.267 e. The molecule has 0 fully saturated rings. The molecular formula is C23H24N4O2. The van der Waals surface area contributed by atoms with Gasteiger partial charge in [-0.2, -0.15) is 5.10 Å². The summed E-state index contributed by atoms with van der Waals surface area (Å²) in [5.41, 5.74) is 3.60. The van der Waals surface area contributed by atoms with Crippen molar-refractivity contribution in [2.24, 2.45) is 5.10 Å². The summed E-state index contributed by atoms with van der Waals surface area (Å²) in [4.78, 5) is 27.9. The molecule has 0 saturated carbocycles. The van der Waals surface area contributed by atoms with Crippen LogP contribution in [0.1, 0.15) is 25.3 Å². The van der Waals surface area contributed by atoms with Gasteiger partial charge < -0.3 is 10.3 Å². The normalized spacial score (nSPS) is 16.1. The number of nitrogens with one attached hydrogen (secondary N) is 2. The van der Waals surface area contributed by atoms with Crippen LogP contribution >= 0.6 is 0 Å². The van der Waals surface area contributed by atoms with Gasteiger partial charge in [0.25, 0.3) is 5.91 Å². The molecule has 2 aromatic carbocycles. The molecule has 2 heterocycles. The van der Waals surface area contributed by atoms with E-state index in [0.717, 1.165) is 24.0 Å². The van der Waals surface area contributed by atoms with Gasteiger partial charge in [-0.25, -0.2) is 0 Å². The van der Waals surface area contributed by atoms with Crippen molar-refractivity contribution in [3.8, 4) is 0 Å². The standard InChI is InChI=1S/C23H24N4O2/c1-16(28)22-14-21(26-27(22)18-9-3-2-4-10-18)23(29)24-13-7-8-17-15-25-20-12-6-5-11-19(17)20/h2-6,9-12,15,22,25H,7-8,13-14H2,1H3,(H,24,29). The number of hydrogen-bond donors (Lipinski definition) is 2. The van der Waals surface area contributed by atoms with Gasteiger partial charge in [-0.1, -0.05) is 36.4 Å². The number of ketones is 1. The summed E-state index contributed by atoms with van der Waals surface area (Å²) in [6.07, 6.45) is 4.07. The van der Waals surface area contributed by atoms with Crippen LogP contribution in [0.4, 0.5) is 5.69 Å². The molecule has 1 atom stereocenters. The molecule has 1 aliphatic rings. The monoisotopic (exact) mass is 388 g/mol. The van der Waals surface area contributed by atoms with Crippen LogP contribution in [-0.2, 0) is 16.0 Å². The molecule has 29 heavy (non-hydrogen) atoms. The topological polar surface area (TPSA) is 77.6 Å². The minimum Gasteiger partial charge on any atom is -0.361 e. The highest BCUT2D eigenvalue weighted by atomic mass is 16.2. The summed E-state index contributed by atoms with van der Waals surface area (Å²) in [6, 6.07) is 17.3. The lowest BCUT2D eigenvalue weighted by atomic mass is 10.1. The third-order valence-corrected chi connectivity index (χ3v) is 5.25. The zero-order valence-electron chi connectivity index (χ0n) is 16.4. The van der Waals surface area contributed by atoms with Crippen molar-refractivity contribution < 1.29 is 9.59 Å². The van der Waals surface area contributed by atoms with Gasteiger partial charge >= 0.3 is 0 Å². The largest absolute Gasteiger partial charge is 0.361 e. The molecule has 3 aromatic rings. The highest BCUT2D eigenvalue weighted by Crippen LogP contribution is 2.25. The number of carbonyl (C=O) groups excluding carboxylic acids is 2. The van der Waals surface area contributed by atoms with Gasteiger partial charge in [-0.3, -0.25) is 14.6 Å². The van der Waals surface area contributed by atoms with Crippen molar-refractivity contribution in [2.75, 3.05) is 11.6 Å². The number of aromatic amines is 1. The number of H-pyrrole nitrogens is 1. The van der Waals surface area contributed by atoms with E-state index in [1.807, 2.05) is 48.7 Å². The van der Waals surface area contributed by atoms with Crippen molar-refractivity contribution in [3.63, 3.8) is 0 Å². The van der Waals surface area contributed by atoms with Crippen molar-refractivity contribution >= 4 is 34.0 Å². The number of hydrogen-bond acceptors (Lipinski definition) is 4. The third kappa shape index (κ3) is 4.06. The highest BCUT2D eigenvalue weighted by Gasteiger charge is 2.33. The van der Waals surface area contributed by atoms with Crippen LogP contribution in [0.2, 0.25) is 0 Å². The summed E-state index contributed by atoms with van der Waals surface area (Å²) in [5.74, 6) is -0.201. The molecule has 4 rings (SSSR count). The van der Waals surface area contributed by atoms with E-state index in [-0.39, 0.29) is 11.7 Å². The number of anilines is 1. The lowest BCUT2D eigenvalue weighted by Gasteiger charge is -2.20. The first-order valence-corrected chi connectivity index (χ1v) is 9.89. The van der Waals surface area contributed by atoms with Crippen molar-refractivity contribution in [3.05, 3.63) is 66.4 Å². The van der Waals surface area contributed by atoms with Crippen molar-refractivity contribution in [1.29, 1.82) is 0 Å². The summed E-state index contributed by atoms with van der Waals surface area (Å²) in [7, 11) is 0. The molecule has 6 nitrogen and oxygen atoms in total. The Morgan fingerprint density at radius 1 is 1.14 bits per heavy atom. The van der Waals surface area contributed by atoms with E-state index < -0.39 is 6.04 Å². The number of aromatic nitrogens is 1. The number of aryl methyl sites for hydroxylation is 1. The van der Waals surface area contributed by atoms with E-state index in [1.165, 1.54) is 17.9 Å². The number of nitrogens with zero attached hydrogens (tertiary/aromatic N) is 2. The fraction of sp³-hybridized carbons (Fsp3) is 0.261. The number of rotatable bonds is 7. The molecule has 1 amide bonds. The zero-order valence-corrected chi connectivity index (χ0v) is 16.4. The molecular weight excluding hydrogens is 364 g/mol. The minimum absolute atomic E-state index is 0.000242. The number of fused-ring (bicyclic) bond motifs is 1. The van der Waals surface area contributed by atoms with Crippen LogP contribution in [0.15, 0.2) is 65.9 Å². The number of Topliss-reactive ketones (excluding diaryl/α,β-unsaturated/α-hetero) is 1. The fourth-order valence-corrected chi connectivity index (χ4v) is 3.70. The molecule has 6 heteroatoms. The number of benzene rings is 2. The first-order valence-electron chi connectivity index (χ1n) is 9.89. The van der Waals surface area contributed by atoms with E-state index in [1.54, 1.807) is 5.01 Å². The second kappa shape index (κ2) is 8.31. The predicted molar refractivity (Wildman–Crippen MR) is 115 cm³/mol.